The first-order valence-electron chi connectivity index (χ1n) is 16.1. The Bertz CT molecular complexity index is 1870. The van der Waals surface area contributed by atoms with Gasteiger partial charge in [-0.15, -0.1) is 0 Å². The van der Waals surface area contributed by atoms with E-state index in [9.17, 15) is 9.90 Å². The van der Waals surface area contributed by atoms with E-state index in [4.69, 9.17) is 34.9 Å². The molecule has 3 aliphatic rings. The molecule has 2 aromatic carbocycles. The maximum absolute atomic E-state index is 15.6. The summed E-state index contributed by atoms with van der Waals surface area (Å²) >= 11 is 6.13. The normalized spacial score (nSPS) is 21.8. The van der Waals surface area contributed by atoms with E-state index in [1.165, 1.54) is 18.2 Å². The number of halogens is 2. The number of methoxy groups -OCH3 is 1. The van der Waals surface area contributed by atoms with Crippen LogP contribution in [0.3, 0.4) is 0 Å². The first-order chi connectivity index (χ1) is 22.5. The molecule has 0 spiro atoms. The fraction of sp³-hybridized carbons (Fsp3) is 0.364. The number of carboxylic acids is 1. The number of piperidine rings is 1. The third kappa shape index (κ3) is 5.42. The molecule has 0 radical (unpaired) electrons. The first-order valence-corrected chi connectivity index (χ1v) is 15.0. The minimum absolute atomic E-state index is 0.00469. The minimum Gasteiger partial charge on any atom is -0.496 e. The molecule has 228 valence electrons. The predicted molar refractivity (Wildman–Crippen MR) is 163 cm³/mol. The van der Waals surface area contributed by atoms with E-state index in [0.29, 0.717) is 47.7 Å². The lowest BCUT2D eigenvalue weighted by atomic mass is 9.86. The van der Waals surface area contributed by atoms with Crippen molar-refractivity contribution in [3.63, 3.8) is 0 Å². The molecule has 0 unspecified atom stereocenters. The summed E-state index contributed by atoms with van der Waals surface area (Å²) in [7, 11) is -2.72. The second-order valence-electron chi connectivity index (χ2n) is 11.4. The number of imidazole rings is 1. The Morgan fingerprint density at radius 3 is 2.75 bits per heavy atom. The average molecular weight is 622 g/mol. The lowest BCUT2D eigenvalue weighted by Gasteiger charge is -2.34. The van der Waals surface area contributed by atoms with Gasteiger partial charge in [-0.2, -0.15) is 0 Å². The van der Waals surface area contributed by atoms with Gasteiger partial charge in [0, 0.05) is 17.2 Å². The molecule has 2 aromatic heterocycles. The second kappa shape index (κ2) is 11.8. The number of pyridine rings is 1. The first kappa shape index (κ1) is 25.3. The number of carboxylic acid groups (broad SMARTS) is 1. The largest absolute Gasteiger partial charge is 0.496 e. The molecule has 1 N–H and O–H groups in total. The lowest BCUT2D eigenvalue weighted by Crippen LogP contribution is -2.35. The van der Waals surface area contributed by atoms with Gasteiger partial charge in [0.05, 0.1) is 35.9 Å². The van der Waals surface area contributed by atoms with Crippen LogP contribution in [0, 0.1) is 0 Å². The van der Waals surface area contributed by atoms with E-state index in [-0.39, 0.29) is 28.5 Å². The molecular formula is C33H32ClFN4O5. The van der Waals surface area contributed by atoms with Crippen molar-refractivity contribution in [2.75, 3.05) is 26.7 Å². The fourth-order valence-corrected chi connectivity index (χ4v) is 6.44. The number of likely N-dealkylation sites (tertiary alicyclic amines) is 1. The van der Waals surface area contributed by atoms with Crippen LogP contribution in [0.25, 0.3) is 17.0 Å². The van der Waals surface area contributed by atoms with Crippen molar-refractivity contribution in [1.29, 1.82) is 0 Å². The SMILES string of the molecule is [2H]C([2H])([2H])Oc1cc(Cl)ccc1[C@@H]1C=C(F)c2cccc(C3CCN(Cc4nc5ccc(C(=O)O)nc5n4C[C@@H]4CCO4)CC3)c2O1. The molecule has 5 heterocycles. The summed E-state index contributed by atoms with van der Waals surface area (Å²) in [6, 6.07) is 13.2. The van der Waals surface area contributed by atoms with Crippen molar-refractivity contribution >= 4 is 34.6 Å². The average Bonchev–Trinajstić information content (AvgIpc) is 3.34. The monoisotopic (exact) mass is 621 g/mol. The maximum Gasteiger partial charge on any atom is 0.354 e. The Balaban J connectivity index is 1.10. The Morgan fingerprint density at radius 1 is 1.16 bits per heavy atom. The predicted octanol–water partition coefficient (Wildman–Crippen LogP) is 6.40. The number of ether oxygens (including phenoxy) is 3. The third-order valence-corrected chi connectivity index (χ3v) is 8.93. The molecule has 9 nitrogen and oxygen atoms in total. The van der Waals surface area contributed by atoms with Crippen LogP contribution in [0.5, 0.6) is 11.5 Å². The Labute approximate surface area is 263 Å². The van der Waals surface area contributed by atoms with Gasteiger partial charge in [0.2, 0.25) is 0 Å². The number of para-hydroxylation sites is 1. The second-order valence-corrected chi connectivity index (χ2v) is 11.8. The van der Waals surface area contributed by atoms with Crippen LogP contribution < -0.4 is 9.47 Å². The fourth-order valence-electron chi connectivity index (χ4n) is 6.28. The van der Waals surface area contributed by atoms with E-state index in [1.54, 1.807) is 24.3 Å². The van der Waals surface area contributed by atoms with E-state index in [0.717, 1.165) is 43.7 Å². The Hall–Kier alpha value is -3.99. The Morgan fingerprint density at radius 2 is 2.00 bits per heavy atom. The number of hydrogen-bond acceptors (Lipinski definition) is 7. The number of fused-ring (bicyclic) bond motifs is 2. The number of aromatic nitrogens is 3. The molecule has 2 fully saturated rings. The summed E-state index contributed by atoms with van der Waals surface area (Å²) < 4.78 is 57.5. The summed E-state index contributed by atoms with van der Waals surface area (Å²) in [5.41, 5.74) is 2.76. The van der Waals surface area contributed by atoms with Crippen LogP contribution in [-0.4, -0.2) is 63.3 Å². The van der Waals surface area contributed by atoms with Gasteiger partial charge in [0.15, 0.2) is 11.3 Å². The number of nitrogens with zero attached hydrogens (tertiary/aromatic N) is 4. The van der Waals surface area contributed by atoms with E-state index in [1.807, 2.05) is 16.7 Å². The Kier molecular flexibility index (Phi) is 6.82. The number of rotatable bonds is 8. The molecule has 2 atom stereocenters. The highest BCUT2D eigenvalue weighted by atomic mass is 35.5. The molecule has 0 saturated carbocycles. The van der Waals surface area contributed by atoms with Gasteiger partial charge in [0.1, 0.15) is 34.8 Å². The summed E-state index contributed by atoms with van der Waals surface area (Å²) in [5, 5.41) is 9.78. The third-order valence-electron chi connectivity index (χ3n) is 8.70. The zero-order chi connectivity index (χ0) is 32.9. The van der Waals surface area contributed by atoms with Crippen molar-refractivity contribution in [2.24, 2.45) is 0 Å². The lowest BCUT2D eigenvalue weighted by molar-refractivity contribution is -0.0593. The summed E-state index contributed by atoms with van der Waals surface area (Å²) in [4.78, 5) is 23.1. The molecule has 44 heavy (non-hydrogen) atoms. The van der Waals surface area contributed by atoms with Crippen molar-refractivity contribution in [2.45, 2.75) is 50.5 Å². The smallest absolute Gasteiger partial charge is 0.354 e. The molecule has 11 heteroatoms. The molecule has 2 saturated heterocycles. The number of benzene rings is 2. The molecular weight excluding hydrogens is 587 g/mol. The van der Waals surface area contributed by atoms with Crippen LogP contribution in [0.1, 0.15) is 68.4 Å². The molecule has 0 amide bonds. The highest BCUT2D eigenvalue weighted by Gasteiger charge is 2.31. The zero-order valence-corrected chi connectivity index (χ0v) is 24.5. The minimum atomic E-state index is -2.72. The van der Waals surface area contributed by atoms with Gasteiger partial charge in [-0.3, -0.25) is 4.90 Å². The topological polar surface area (TPSA) is 98.9 Å². The quantitative estimate of drug-likeness (QED) is 0.241. The van der Waals surface area contributed by atoms with Crippen LogP contribution in [0.4, 0.5) is 4.39 Å². The van der Waals surface area contributed by atoms with Gasteiger partial charge in [-0.25, -0.2) is 19.2 Å². The van der Waals surface area contributed by atoms with E-state index < -0.39 is 24.9 Å². The highest BCUT2D eigenvalue weighted by molar-refractivity contribution is 6.30. The summed E-state index contributed by atoms with van der Waals surface area (Å²) in [5.74, 6) is -0.206. The van der Waals surface area contributed by atoms with Gasteiger partial charge in [-0.05, 0) is 86.3 Å². The van der Waals surface area contributed by atoms with Crippen LogP contribution in [0.15, 0.2) is 54.6 Å². The molecule has 0 bridgehead atoms. The standard InChI is InChI=1S/C33H32ClFN4O5/c1-42-28-15-20(34)5-6-24(28)29-16-25(35)23-4-2-3-22(31(23)44-29)19-9-12-38(13-10-19)18-30-36-26-7-8-27(33(40)41)37-32(26)39(30)17-21-11-14-43-21/h2-8,15-16,19,21,29H,9-14,17-18H2,1H3,(H,40,41)/t21-,29-/m0/s1/i1D3. The van der Waals surface area contributed by atoms with Gasteiger partial charge in [-0.1, -0.05) is 23.7 Å². The van der Waals surface area contributed by atoms with Crippen LogP contribution in [0.2, 0.25) is 5.02 Å². The summed E-state index contributed by atoms with van der Waals surface area (Å²) in [6.07, 6.45) is 2.95. The van der Waals surface area contributed by atoms with Crippen molar-refractivity contribution in [1.82, 2.24) is 19.4 Å². The number of aromatic carboxylic acids is 1. The highest BCUT2D eigenvalue weighted by Crippen LogP contribution is 2.46. The van der Waals surface area contributed by atoms with Gasteiger partial charge >= 0.3 is 5.97 Å². The maximum atomic E-state index is 15.6. The van der Waals surface area contributed by atoms with Crippen LogP contribution in [-0.2, 0) is 17.8 Å². The molecule has 7 rings (SSSR count). The van der Waals surface area contributed by atoms with Gasteiger partial charge in [0.25, 0.3) is 0 Å². The van der Waals surface area contributed by atoms with E-state index >= 15 is 4.39 Å². The number of carbonyl (C=O) groups is 1. The van der Waals surface area contributed by atoms with Crippen molar-refractivity contribution in [3.8, 4) is 11.5 Å². The number of hydrogen-bond donors (Lipinski definition) is 1. The van der Waals surface area contributed by atoms with E-state index in [2.05, 4.69) is 9.88 Å². The van der Waals surface area contributed by atoms with Crippen molar-refractivity contribution in [3.05, 3.63) is 87.8 Å². The van der Waals surface area contributed by atoms with Gasteiger partial charge < -0.3 is 23.9 Å². The molecule has 3 aliphatic heterocycles. The molecule has 0 aliphatic carbocycles. The summed E-state index contributed by atoms with van der Waals surface area (Å²) in [6.45, 7) is 3.32. The van der Waals surface area contributed by atoms with Crippen LogP contribution >= 0.6 is 11.6 Å². The molecule has 4 aromatic rings. The zero-order valence-electron chi connectivity index (χ0n) is 26.7. The van der Waals surface area contributed by atoms with Crippen molar-refractivity contribution < 1.29 is 32.6 Å².